The third-order valence-corrected chi connectivity index (χ3v) is 9.95. The maximum Gasteiger partial charge on any atom is 0.337 e. The van der Waals surface area contributed by atoms with Gasteiger partial charge in [0, 0.05) is 35.3 Å². The molecule has 0 fully saturated rings. The summed E-state index contributed by atoms with van der Waals surface area (Å²) in [6, 6.07) is 30.6. The fraction of sp³-hybridized carbons (Fsp3) is 0.156. The number of carbonyl (C=O) groups excluding carboxylic acids is 3. The second-order valence-electron chi connectivity index (χ2n) is 13.3. The fourth-order valence-corrected chi connectivity index (χ4v) is 6.69. The van der Waals surface area contributed by atoms with E-state index in [4.69, 9.17) is 56.2 Å². The van der Waals surface area contributed by atoms with E-state index in [0.29, 0.717) is 61.0 Å². The van der Waals surface area contributed by atoms with Gasteiger partial charge in [-0.1, -0.05) is 94.9 Å². The van der Waals surface area contributed by atoms with Crippen molar-refractivity contribution in [1.82, 2.24) is 20.6 Å². The second kappa shape index (κ2) is 20.8. The Hall–Kier alpha value is -5.78. The highest BCUT2D eigenvalue weighted by Gasteiger charge is 2.19. The predicted octanol–water partition coefficient (Wildman–Crippen LogP) is 10.4. The number of aromatic carboxylic acids is 1. The molecule has 0 saturated carbocycles. The fourth-order valence-electron chi connectivity index (χ4n) is 5.95. The maximum atomic E-state index is 13.0. The minimum Gasteiger partial charge on any atom is -0.478 e. The molecule has 10 nitrogen and oxygen atoms in total. The van der Waals surface area contributed by atoms with Gasteiger partial charge in [0.05, 0.1) is 62.9 Å². The van der Waals surface area contributed by atoms with E-state index >= 15 is 0 Å². The van der Waals surface area contributed by atoms with E-state index in [2.05, 4.69) is 20.6 Å². The van der Waals surface area contributed by atoms with Gasteiger partial charge in [-0.15, -0.1) is 0 Å². The van der Waals surface area contributed by atoms with E-state index in [0.717, 1.165) is 22.3 Å². The van der Waals surface area contributed by atoms with Crippen molar-refractivity contribution in [2.24, 2.45) is 0 Å². The first-order valence-electron chi connectivity index (χ1n) is 18.1. The van der Waals surface area contributed by atoms with Crippen molar-refractivity contribution in [3.63, 3.8) is 0 Å². The lowest BCUT2D eigenvalue weighted by atomic mass is 10.0. The van der Waals surface area contributed by atoms with Gasteiger partial charge in [-0.05, 0) is 96.8 Å². The van der Waals surface area contributed by atoms with Crippen LogP contribution >= 0.6 is 46.4 Å². The molecule has 0 aliphatic rings. The number of aromatic nitrogens is 2. The zero-order valence-corrected chi connectivity index (χ0v) is 35.0. The standard InChI is InChI=1S/C23H20Cl2N2O3.C22H18Cl2N2O3/c1-14(16-6-8-17(9-7-16)23(29)30-2)27-22(28)20-12-19(25)13-26-21(20)11-15-4-3-5-18(24)10-15;1-13(15-5-7-16(8-6-15)22(28)29)26-21(27)19-11-18(24)12-25-20(19)10-14-3-2-4-17(23)9-14/h3-10,12-14H,11H2,1-2H3,(H,27,28);2-9,11-13H,10H2,1H3,(H,26,27)(H,28,29)/t14-;13-/m00/s1. The molecule has 14 heteroatoms. The van der Waals surface area contributed by atoms with Crippen molar-refractivity contribution in [1.29, 1.82) is 0 Å². The monoisotopic (exact) mass is 870 g/mol. The van der Waals surface area contributed by atoms with Crippen molar-refractivity contribution in [2.75, 3.05) is 7.11 Å². The van der Waals surface area contributed by atoms with Gasteiger partial charge in [0.2, 0.25) is 0 Å². The van der Waals surface area contributed by atoms with Crippen LogP contribution in [-0.2, 0) is 17.6 Å². The first-order valence-corrected chi connectivity index (χ1v) is 19.6. The normalized spacial score (nSPS) is 11.6. The molecule has 0 aliphatic carbocycles. The average molecular weight is 873 g/mol. The summed E-state index contributed by atoms with van der Waals surface area (Å²) < 4.78 is 4.70. The van der Waals surface area contributed by atoms with Crippen LogP contribution in [0.4, 0.5) is 0 Å². The molecule has 2 heterocycles. The Balaban J connectivity index is 0.000000224. The number of rotatable bonds is 12. The van der Waals surface area contributed by atoms with Crippen LogP contribution < -0.4 is 10.6 Å². The number of halogens is 4. The van der Waals surface area contributed by atoms with Crippen molar-refractivity contribution >= 4 is 70.2 Å². The summed E-state index contributed by atoms with van der Waals surface area (Å²) in [5, 5.41) is 16.9. The molecule has 59 heavy (non-hydrogen) atoms. The first-order chi connectivity index (χ1) is 28.2. The van der Waals surface area contributed by atoms with Crippen molar-refractivity contribution < 1.29 is 29.0 Å². The molecule has 0 unspecified atom stereocenters. The third kappa shape index (κ3) is 12.6. The second-order valence-corrected chi connectivity index (χ2v) is 15.1. The molecular formula is C45H38Cl4N4O6. The van der Waals surface area contributed by atoms with Crippen molar-refractivity contribution in [2.45, 2.75) is 38.8 Å². The molecule has 6 rings (SSSR count). The number of nitrogens with one attached hydrogen (secondary N) is 2. The molecule has 0 bridgehead atoms. The lowest BCUT2D eigenvalue weighted by molar-refractivity contribution is 0.0599. The zero-order valence-electron chi connectivity index (χ0n) is 32.0. The summed E-state index contributed by atoms with van der Waals surface area (Å²) in [5.41, 5.74) is 6.12. The Morgan fingerprint density at radius 3 is 1.37 bits per heavy atom. The van der Waals surface area contributed by atoms with E-state index in [9.17, 15) is 19.2 Å². The number of nitrogens with zero attached hydrogens (tertiary/aromatic N) is 2. The number of pyridine rings is 2. The van der Waals surface area contributed by atoms with Crippen LogP contribution in [0.25, 0.3) is 0 Å². The highest BCUT2D eigenvalue weighted by molar-refractivity contribution is 6.31. The molecule has 2 aromatic heterocycles. The predicted molar refractivity (Wildman–Crippen MR) is 230 cm³/mol. The van der Waals surface area contributed by atoms with Gasteiger partial charge in [0.15, 0.2) is 0 Å². The maximum absolute atomic E-state index is 13.0. The average Bonchev–Trinajstić information content (AvgIpc) is 3.22. The molecular weight excluding hydrogens is 834 g/mol. The molecule has 3 N–H and O–H groups in total. The Morgan fingerprint density at radius 1 is 0.593 bits per heavy atom. The Kier molecular flexibility index (Phi) is 15.6. The summed E-state index contributed by atoms with van der Waals surface area (Å²) in [6.45, 7) is 3.68. The molecule has 2 atom stereocenters. The number of methoxy groups -OCH3 is 1. The van der Waals surface area contributed by atoms with Crippen molar-refractivity contribution in [3.05, 3.63) is 198 Å². The summed E-state index contributed by atoms with van der Waals surface area (Å²) in [6.07, 6.45) is 3.91. The van der Waals surface area contributed by atoms with Crippen molar-refractivity contribution in [3.8, 4) is 0 Å². The molecule has 6 aromatic rings. The number of carboxylic acids is 1. The van der Waals surface area contributed by atoms with E-state index in [1.165, 1.54) is 31.6 Å². The quantitative estimate of drug-likeness (QED) is 0.103. The first kappa shape index (κ1) is 44.3. The minimum atomic E-state index is -0.996. The van der Waals surface area contributed by atoms with Gasteiger partial charge in [-0.2, -0.15) is 0 Å². The summed E-state index contributed by atoms with van der Waals surface area (Å²) >= 11 is 24.3. The van der Waals surface area contributed by atoms with Gasteiger partial charge in [-0.25, -0.2) is 9.59 Å². The molecule has 0 saturated heterocycles. The zero-order chi connectivity index (χ0) is 42.6. The van der Waals surface area contributed by atoms with E-state index in [-0.39, 0.29) is 29.5 Å². The summed E-state index contributed by atoms with van der Waals surface area (Å²) in [5.74, 6) is -2.00. The molecule has 0 radical (unpaired) electrons. The number of carbonyl (C=O) groups is 4. The highest BCUT2D eigenvalue weighted by Crippen LogP contribution is 2.23. The van der Waals surface area contributed by atoms with Gasteiger partial charge >= 0.3 is 11.9 Å². The Bertz CT molecular complexity index is 2460. The molecule has 2 amide bonds. The minimum absolute atomic E-state index is 0.190. The van der Waals surface area contributed by atoms with Gasteiger partial charge < -0.3 is 20.5 Å². The smallest absolute Gasteiger partial charge is 0.337 e. The third-order valence-electron chi connectivity index (χ3n) is 9.07. The SMILES string of the molecule is COC(=O)c1ccc([C@H](C)NC(=O)c2cc(Cl)cnc2Cc2cccc(Cl)c2)cc1.C[C@H](NC(=O)c1cc(Cl)cnc1Cc1cccc(Cl)c1)c1ccc(C(=O)O)cc1. The van der Waals surface area contributed by atoms with Crippen LogP contribution in [0.5, 0.6) is 0 Å². The summed E-state index contributed by atoms with van der Waals surface area (Å²) in [7, 11) is 1.33. The number of hydrogen-bond donors (Lipinski definition) is 3. The molecule has 4 aromatic carbocycles. The molecule has 302 valence electrons. The van der Waals surface area contributed by atoms with Crippen LogP contribution in [0.3, 0.4) is 0 Å². The highest BCUT2D eigenvalue weighted by atomic mass is 35.5. The number of esters is 1. The summed E-state index contributed by atoms with van der Waals surface area (Å²) in [4.78, 5) is 57.1. The number of hydrogen-bond acceptors (Lipinski definition) is 7. The number of amides is 2. The lowest BCUT2D eigenvalue weighted by Crippen LogP contribution is -2.28. The van der Waals surface area contributed by atoms with Gasteiger partial charge in [-0.3, -0.25) is 19.6 Å². The number of benzene rings is 4. The van der Waals surface area contributed by atoms with E-state index in [1.807, 2.05) is 50.2 Å². The molecule has 0 aliphatic heterocycles. The lowest BCUT2D eigenvalue weighted by Gasteiger charge is -2.16. The van der Waals surface area contributed by atoms with Crippen LogP contribution in [0.1, 0.15) is 101 Å². The van der Waals surface area contributed by atoms with Gasteiger partial charge in [0.25, 0.3) is 11.8 Å². The van der Waals surface area contributed by atoms with E-state index < -0.39 is 11.9 Å². The topological polar surface area (TPSA) is 148 Å². The van der Waals surface area contributed by atoms with E-state index in [1.54, 1.807) is 60.7 Å². The van der Waals surface area contributed by atoms with Gasteiger partial charge in [0.1, 0.15) is 0 Å². The number of ether oxygens (including phenoxy) is 1. The molecule has 0 spiro atoms. The van der Waals surface area contributed by atoms with Crippen LogP contribution in [0, 0.1) is 0 Å². The largest absolute Gasteiger partial charge is 0.478 e. The Labute approximate surface area is 361 Å². The van der Waals surface area contributed by atoms with Crippen LogP contribution in [0.15, 0.2) is 122 Å². The van der Waals surface area contributed by atoms with Crippen LogP contribution in [-0.4, -0.2) is 45.9 Å². The van der Waals surface area contributed by atoms with Crippen LogP contribution in [0.2, 0.25) is 20.1 Å². The number of carboxylic acid groups (broad SMARTS) is 1. The Morgan fingerprint density at radius 2 is 1.00 bits per heavy atom.